The summed E-state index contributed by atoms with van der Waals surface area (Å²) in [6.45, 7) is 2.60. The van der Waals surface area contributed by atoms with Crippen molar-refractivity contribution in [2.24, 2.45) is 5.41 Å². The number of rotatable bonds is 6. The van der Waals surface area contributed by atoms with E-state index in [9.17, 15) is 0 Å². The molecule has 0 aliphatic heterocycles. The quantitative estimate of drug-likeness (QED) is 0.800. The van der Waals surface area contributed by atoms with Gasteiger partial charge in [0, 0.05) is 35.7 Å². The van der Waals surface area contributed by atoms with E-state index < -0.39 is 0 Å². The van der Waals surface area contributed by atoms with E-state index in [1.54, 1.807) is 7.11 Å². The molecule has 2 fully saturated rings. The fourth-order valence-electron chi connectivity index (χ4n) is 3.75. The molecule has 2 aliphatic carbocycles. The molecule has 2 nitrogen and oxygen atoms in total. The fourth-order valence-corrected chi connectivity index (χ4v) is 4.36. The van der Waals surface area contributed by atoms with E-state index in [1.807, 2.05) is 12.1 Å². The van der Waals surface area contributed by atoms with Gasteiger partial charge < -0.3 is 10.1 Å². The first-order valence-corrected chi connectivity index (χ1v) is 8.00. The largest absolute Gasteiger partial charge is 0.383 e. The average molecular weight is 314 g/mol. The van der Waals surface area contributed by atoms with Crippen LogP contribution in [0.4, 0.5) is 0 Å². The van der Waals surface area contributed by atoms with Crippen molar-refractivity contribution in [1.29, 1.82) is 0 Å². The molecule has 1 spiro atoms. The van der Waals surface area contributed by atoms with Crippen LogP contribution in [0.15, 0.2) is 18.2 Å². The Kier molecular flexibility index (Phi) is 4.02. The third-order valence-corrected chi connectivity index (χ3v) is 5.38. The molecular weight excluding hydrogens is 293 g/mol. The summed E-state index contributed by atoms with van der Waals surface area (Å²) < 4.78 is 5.10. The summed E-state index contributed by atoms with van der Waals surface area (Å²) in [6.07, 6.45) is 5.28. The van der Waals surface area contributed by atoms with Gasteiger partial charge in [-0.2, -0.15) is 0 Å². The van der Waals surface area contributed by atoms with E-state index in [4.69, 9.17) is 27.9 Å². The van der Waals surface area contributed by atoms with Crippen LogP contribution in [0.2, 0.25) is 10.0 Å². The molecule has 0 bridgehead atoms. The van der Waals surface area contributed by atoms with Crippen molar-refractivity contribution < 1.29 is 4.74 Å². The van der Waals surface area contributed by atoms with Gasteiger partial charge in [0.25, 0.3) is 0 Å². The zero-order valence-electron chi connectivity index (χ0n) is 11.8. The van der Waals surface area contributed by atoms with Gasteiger partial charge in [-0.25, -0.2) is 0 Å². The topological polar surface area (TPSA) is 21.3 Å². The highest BCUT2D eigenvalue weighted by molar-refractivity contribution is 6.35. The van der Waals surface area contributed by atoms with Crippen LogP contribution in [0.5, 0.6) is 0 Å². The number of nitrogens with one attached hydrogen (secondary N) is 1. The molecule has 0 aromatic heterocycles. The minimum atomic E-state index is 0.186. The minimum absolute atomic E-state index is 0.186. The zero-order valence-corrected chi connectivity index (χ0v) is 13.4. The maximum absolute atomic E-state index is 6.44. The standard InChI is InChI=1S/C16H21Cl2NO/c1-20-7-6-19-11-16(9-15(10-16)4-5-15)13-3-2-12(17)8-14(13)18/h2-3,8,19H,4-7,9-11H2,1H3. The summed E-state index contributed by atoms with van der Waals surface area (Å²) in [5, 5.41) is 5.04. The van der Waals surface area contributed by atoms with Crippen LogP contribution < -0.4 is 5.32 Å². The molecule has 0 unspecified atom stereocenters. The predicted octanol–water partition coefficient (Wildman–Crippen LogP) is 4.04. The Hall–Kier alpha value is -0.280. The molecule has 4 heteroatoms. The van der Waals surface area contributed by atoms with E-state index in [0.717, 1.165) is 24.7 Å². The molecule has 0 atom stereocenters. The SMILES string of the molecule is COCCNCC1(c2ccc(Cl)cc2Cl)CC2(CC2)C1. The van der Waals surface area contributed by atoms with Gasteiger partial charge in [-0.3, -0.25) is 0 Å². The van der Waals surface area contributed by atoms with Gasteiger partial charge in [-0.05, 0) is 48.8 Å². The maximum Gasteiger partial charge on any atom is 0.0587 e. The monoisotopic (exact) mass is 313 g/mol. The van der Waals surface area contributed by atoms with Crippen LogP contribution in [0.1, 0.15) is 31.2 Å². The molecule has 1 aromatic rings. The molecule has 20 heavy (non-hydrogen) atoms. The molecular formula is C16H21Cl2NO. The van der Waals surface area contributed by atoms with Crippen molar-refractivity contribution in [2.75, 3.05) is 26.8 Å². The summed E-state index contributed by atoms with van der Waals surface area (Å²) in [5.74, 6) is 0. The van der Waals surface area contributed by atoms with Crippen molar-refractivity contribution in [1.82, 2.24) is 5.32 Å². The Bertz CT molecular complexity index is 491. The Balaban J connectivity index is 1.75. The molecule has 1 aromatic carbocycles. The van der Waals surface area contributed by atoms with E-state index >= 15 is 0 Å². The van der Waals surface area contributed by atoms with Gasteiger partial charge in [0.2, 0.25) is 0 Å². The average Bonchev–Trinajstić information content (AvgIpc) is 3.14. The molecule has 2 saturated carbocycles. The fraction of sp³-hybridized carbons (Fsp3) is 0.625. The zero-order chi connectivity index (χ0) is 14.2. The highest BCUT2D eigenvalue weighted by atomic mass is 35.5. The Morgan fingerprint density at radius 3 is 2.60 bits per heavy atom. The number of hydrogen-bond donors (Lipinski definition) is 1. The highest BCUT2D eigenvalue weighted by Crippen LogP contribution is 2.69. The van der Waals surface area contributed by atoms with Crippen molar-refractivity contribution in [3.8, 4) is 0 Å². The Morgan fingerprint density at radius 2 is 2.00 bits per heavy atom. The van der Waals surface area contributed by atoms with Gasteiger partial charge in [0.05, 0.1) is 6.61 Å². The van der Waals surface area contributed by atoms with E-state index in [2.05, 4.69) is 11.4 Å². The number of benzene rings is 1. The first kappa shape index (κ1) is 14.6. The van der Waals surface area contributed by atoms with Gasteiger partial charge in [-0.1, -0.05) is 29.3 Å². The van der Waals surface area contributed by atoms with Gasteiger partial charge in [0.15, 0.2) is 0 Å². The smallest absolute Gasteiger partial charge is 0.0587 e. The Morgan fingerprint density at radius 1 is 1.25 bits per heavy atom. The van der Waals surface area contributed by atoms with E-state index in [0.29, 0.717) is 10.4 Å². The van der Waals surface area contributed by atoms with E-state index in [1.165, 1.54) is 31.2 Å². The molecule has 0 saturated heterocycles. The highest BCUT2D eigenvalue weighted by Gasteiger charge is 2.61. The lowest BCUT2D eigenvalue weighted by Crippen LogP contribution is -2.50. The second kappa shape index (κ2) is 5.49. The van der Waals surface area contributed by atoms with Gasteiger partial charge in [-0.15, -0.1) is 0 Å². The number of methoxy groups -OCH3 is 1. The van der Waals surface area contributed by atoms with Crippen molar-refractivity contribution in [3.63, 3.8) is 0 Å². The summed E-state index contributed by atoms with van der Waals surface area (Å²) in [7, 11) is 1.73. The normalized spacial score (nSPS) is 21.8. The lowest BCUT2D eigenvalue weighted by atomic mass is 9.56. The van der Waals surface area contributed by atoms with Crippen LogP contribution in [-0.4, -0.2) is 26.8 Å². The first-order chi connectivity index (χ1) is 9.59. The lowest BCUT2D eigenvalue weighted by Gasteiger charge is -2.50. The number of ether oxygens (including phenoxy) is 1. The van der Waals surface area contributed by atoms with Crippen molar-refractivity contribution in [3.05, 3.63) is 33.8 Å². The maximum atomic E-state index is 6.44. The van der Waals surface area contributed by atoms with Crippen molar-refractivity contribution >= 4 is 23.2 Å². The molecule has 1 N–H and O–H groups in total. The van der Waals surface area contributed by atoms with Gasteiger partial charge in [0.1, 0.15) is 0 Å². The van der Waals surface area contributed by atoms with Crippen LogP contribution in [0.25, 0.3) is 0 Å². The van der Waals surface area contributed by atoms with Crippen LogP contribution >= 0.6 is 23.2 Å². The lowest BCUT2D eigenvalue weighted by molar-refractivity contribution is 0.112. The molecule has 0 amide bonds. The third-order valence-electron chi connectivity index (χ3n) is 4.83. The summed E-state index contributed by atoms with van der Waals surface area (Å²) in [6, 6.07) is 5.93. The minimum Gasteiger partial charge on any atom is -0.383 e. The van der Waals surface area contributed by atoms with Crippen molar-refractivity contribution in [2.45, 2.75) is 31.1 Å². The summed E-state index contributed by atoms with van der Waals surface area (Å²) >= 11 is 12.5. The number of hydrogen-bond acceptors (Lipinski definition) is 2. The van der Waals surface area contributed by atoms with Crippen LogP contribution in [-0.2, 0) is 10.2 Å². The first-order valence-electron chi connectivity index (χ1n) is 7.24. The third kappa shape index (κ3) is 2.71. The van der Waals surface area contributed by atoms with Crippen LogP contribution in [0, 0.1) is 5.41 Å². The second-order valence-electron chi connectivity index (χ2n) is 6.43. The number of halogens is 2. The predicted molar refractivity (Wildman–Crippen MR) is 83.8 cm³/mol. The van der Waals surface area contributed by atoms with E-state index in [-0.39, 0.29) is 5.41 Å². The summed E-state index contributed by atoms with van der Waals surface area (Å²) in [5.41, 5.74) is 2.07. The molecule has 2 aliphatic rings. The molecule has 110 valence electrons. The van der Waals surface area contributed by atoms with Gasteiger partial charge >= 0.3 is 0 Å². The molecule has 3 rings (SSSR count). The molecule has 0 heterocycles. The van der Waals surface area contributed by atoms with Crippen LogP contribution in [0.3, 0.4) is 0 Å². The molecule has 0 radical (unpaired) electrons. The summed E-state index contributed by atoms with van der Waals surface area (Å²) in [4.78, 5) is 0. The Labute approximate surface area is 130 Å². The second-order valence-corrected chi connectivity index (χ2v) is 7.27.